The third-order valence-electron chi connectivity index (χ3n) is 11.6. The summed E-state index contributed by atoms with van der Waals surface area (Å²) in [7, 11) is 0. The van der Waals surface area contributed by atoms with Gasteiger partial charge in [0, 0.05) is 37.1 Å². The van der Waals surface area contributed by atoms with Crippen molar-refractivity contribution in [3.63, 3.8) is 0 Å². The molecule has 7 rings (SSSR count). The lowest BCUT2D eigenvalue weighted by molar-refractivity contribution is -0.167. The number of thioether (sulfide) groups is 1. The Hall–Kier alpha value is -3.92. The summed E-state index contributed by atoms with van der Waals surface area (Å²) >= 11 is 1.67. The van der Waals surface area contributed by atoms with Crippen molar-refractivity contribution in [2.24, 2.45) is 17.8 Å². The first-order chi connectivity index (χ1) is 25.5. The Bertz CT molecular complexity index is 1640. The van der Waals surface area contributed by atoms with Crippen LogP contribution >= 0.6 is 11.8 Å². The molecule has 3 amide bonds. The van der Waals surface area contributed by atoms with Gasteiger partial charge in [-0.25, -0.2) is 5.01 Å². The van der Waals surface area contributed by atoms with Gasteiger partial charge in [-0.2, -0.15) is 11.8 Å². The fourth-order valence-corrected chi connectivity index (χ4v) is 9.68. The predicted octanol–water partition coefficient (Wildman–Crippen LogP) is 5.98. The molecule has 4 fully saturated rings. The largest absolute Gasteiger partial charge is 0.355 e. The Labute approximate surface area is 313 Å². The number of rotatable bonds is 14. The number of benzene rings is 3. The van der Waals surface area contributed by atoms with Gasteiger partial charge in [0.1, 0.15) is 6.04 Å². The second-order valence-corrected chi connectivity index (χ2v) is 16.0. The van der Waals surface area contributed by atoms with E-state index in [1.165, 1.54) is 50.9 Å². The summed E-state index contributed by atoms with van der Waals surface area (Å²) in [6.45, 7) is 5.77. The smallest absolute Gasteiger partial charge is 0.257 e. The van der Waals surface area contributed by atoms with Gasteiger partial charge in [-0.3, -0.25) is 19.8 Å². The van der Waals surface area contributed by atoms with E-state index in [0.29, 0.717) is 18.2 Å². The molecule has 274 valence electrons. The van der Waals surface area contributed by atoms with E-state index < -0.39 is 23.9 Å². The lowest BCUT2D eigenvalue weighted by Crippen LogP contribution is -2.70. The molecule has 1 unspecified atom stereocenters. The summed E-state index contributed by atoms with van der Waals surface area (Å²) in [6.07, 6.45) is 11.4. The first-order valence-corrected chi connectivity index (χ1v) is 20.5. The van der Waals surface area contributed by atoms with Crippen molar-refractivity contribution in [1.29, 1.82) is 0 Å². The highest BCUT2D eigenvalue weighted by Gasteiger charge is 2.58. The summed E-state index contributed by atoms with van der Waals surface area (Å²) in [4.78, 5) is 46.8. The van der Waals surface area contributed by atoms with E-state index >= 15 is 0 Å². The molecule has 4 saturated heterocycles. The van der Waals surface area contributed by atoms with E-state index in [-0.39, 0.29) is 23.6 Å². The van der Waals surface area contributed by atoms with Crippen molar-refractivity contribution in [3.05, 3.63) is 114 Å². The van der Waals surface area contributed by atoms with Crippen LogP contribution in [0.2, 0.25) is 0 Å². The van der Waals surface area contributed by atoms with Gasteiger partial charge in [-0.1, -0.05) is 110 Å². The summed E-state index contributed by atoms with van der Waals surface area (Å²) in [6, 6.07) is 29.2. The highest BCUT2D eigenvalue weighted by molar-refractivity contribution is 7.98. The fraction of sp³-hybridized carbons (Fsp3) is 0.465. The second-order valence-electron chi connectivity index (χ2n) is 14.9. The zero-order valence-electron chi connectivity index (χ0n) is 30.2. The minimum absolute atomic E-state index is 0.0902. The average Bonchev–Trinajstić information content (AvgIpc) is 3.57. The van der Waals surface area contributed by atoms with Crippen LogP contribution in [-0.4, -0.2) is 89.6 Å². The first kappa shape index (κ1) is 36.4. The molecule has 4 heterocycles. The zero-order valence-corrected chi connectivity index (χ0v) is 31.0. The summed E-state index contributed by atoms with van der Waals surface area (Å²) in [5.74, 6) is 0.326. The molecule has 0 radical (unpaired) electrons. The fourth-order valence-electron chi connectivity index (χ4n) is 8.60. The van der Waals surface area contributed by atoms with E-state index in [1.54, 1.807) is 16.7 Å². The maximum Gasteiger partial charge on any atom is 0.257 e. The number of β-lactam (4-membered cyclic amide) rings is 1. The van der Waals surface area contributed by atoms with Crippen LogP contribution in [0.15, 0.2) is 97.1 Å². The maximum atomic E-state index is 14.5. The number of nitrogens with one attached hydrogen (secondary N) is 2. The lowest BCUT2D eigenvalue weighted by Gasteiger charge is -2.52. The van der Waals surface area contributed by atoms with E-state index in [9.17, 15) is 14.4 Å². The van der Waals surface area contributed by atoms with Crippen LogP contribution in [-0.2, 0) is 20.1 Å². The quantitative estimate of drug-likeness (QED) is 0.200. The molecule has 2 N–H and O–H groups in total. The Balaban J connectivity index is 1.09. The number of hydrazine groups is 1. The van der Waals surface area contributed by atoms with Gasteiger partial charge < -0.3 is 15.1 Å². The molecule has 4 aliphatic heterocycles. The van der Waals surface area contributed by atoms with Crippen molar-refractivity contribution in [2.75, 3.05) is 45.0 Å². The van der Waals surface area contributed by atoms with Crippen LogP contribution < -0.4 is 10.7 Å². The van der Waals surface area contributed by atoms with E-state index in [0.717, 1.165) is 42.8 Å². The predicted molar refractivity (Wildman–Crippen MR) is 209 cm³/mol. The van der Waals surface area contributed by atoms with Gasteiger partial charge in [0.15, 0.2) is 0 Å². The lowest BCUT2D eigenvalue weighted by atomic mass is 9.70. The molecule has 8 nitrogen and oxygen atoms in total. The molecular formula is C43H53N5O3S. The topological polar surface area (TPSA) is 85.0 Å². The van der Waals surface area contributed by atoms with Crippen LogP contribution in [0.4, 0.5) is 0 Å². The van der Waals surface area contributed by atoms with Gasteiger partial charge in [0.25, 0.3) is 5.91 Å². The number of amides is 3. The molecule has 3 aromatic carbocycles. The Morgan fingerprint density at radius 2 is 1.52 bits per heavy atom. The standard InChI is InChI=1S/C43H53N5O3S/c49-41(45-47-27-22-33(23-28-47)21-26-46-24-11-4-12-25-46)38(31-52-30-34-15-7-2-8-16-34)48-37(20-19-32-13-5-1-6-14-32)40(43(48)51)39-36(29-44-42(39)50)35-17-9-3-10-18-35/h1-3,5-10,13-20,33,36-40H,4,11-12,21-31H2,(H,44,50)(H,45,49)/t36-,37-,38-,39?,40-/m1/s1. The Kier molecular flexibility index (Phi) is 12.4. The van der Waals surface area contributed by atoms with Crippen molar-refractivity contribution < 1.29 is 14.4 Å². The van der Waals surface area contributed by atoms with Crippen molar-refractivity contribution in [1.82, 2.24) is 25.6 Å². The first-order valence-electron chi connectivity index (χ1n) is 19.3. The minimum Gasteiger partial charge on any atom is -0.355 e. The minimum atomic E-state index is -0.681. The van der Waals surface area contributed by atoms with Crippen LogP contribution in [0.3, 0.4) is 0 Å². The number of nitrogens with zero attached hydrogens (tertiary/aromatic N) is 3. The van der Waals surface area contributed by atoms with Gasteiger partial charge >= 0.3 is 0 Å². The molecule has 3 aromatic rings. The van der Waals surface area contributed by atoms with Crippen molar-refractivity contribution in [2.45, 2.75) is 62.3 Å². The monoisotopic (exact) mass is 719 g/mol. The molecule has 4 aliphatic rings. The van der Waals surface area contributed by atoms with Crippen molar-refractivity contribution in [3.8, 4) is 0 Å². The Morgan fingerprint density at radius 1 is 0.846 bits per heavy atom. The van der Waals surface area contributed by atoms with Crippen LogP contribution in [0, 0.1) is 17.8 Å². The summed E-state index contributed by atoms with van der Waals surface area (Å²) < 4.78 is 0. The molecule has 52 heavy (non-hydrogen) atoms. The molecule has 0 aromatic heterocycles. The maximum absolute atomic E-state index is 14.5. The second kappa shape index (κ2) is 17.7. The van der Waals surface area contributed by atoms with Gasteiger partial charge in [-0.05, 0) is 74.3 Å². The van der Waals surface area contributed by atoms with Gasteiger partial charge in [-0.15, -0.1) is 0 Å². The normalized spacial score (nSPS) is 25.2. The number of likely N-dealkylation sites (tertiary alicyclic amines) is 2. The molecule has 0 bridgehead atoms. The molecule has 0 aliphatic carbocycles. The number of carbonyl (C=O) groups excluding carboxylic acids is 3. The third kappa shape index (κ3) is 8.81. The number of piperidine rings is 2. The molecule has 5 atom stereocenters. The average molecular weight is 720 g/mol. The molecule has 9 heteroatoms. The SMILES string of the molecule is O=C1NC[C@H](c2ccccc2)C1[C@@H]1C(=O)N([C@H](CSCc2ccccc2)C(=O)NN2CCC(CCN3CCCCC3)CC2)[C@@H]1C=Cc1ccccc1. The molecule has 0 spiro atoms. The highest BCUT2D eigenvalue weighted by Crippen LogP contribution is 2.44. The van der Waals surface area contributed by atoms with Gasteiger partial charge in [0.2, 0.25) is 11.8 Å². The highest BCUT2D eigenvalue weighted by atomic mass is 32.2. The zero-order chi connectivity index (χ0) is 35.7. The number of hydrogen-bond acceptors (Lipinski definition) is 6. The van der Waals surface area contributed by atoms with E-state index in [1.807, 2.05) is 91.0 Å². The van der Waals surface area contributed by atoms with E-state index in [2.05, 4.69) is 32.8 Å². The van der Waals surface area contributed by atoms with Crippen molar-refractivity contribution >= 4 is 35.6 Å². The van der Waals surface area contributed by atoms with Gasteiger partial charge in [0.05, 0.1) is 17.9 Å². The summed E-state index contributed by atoms with van der Waals surface area (Å²) in [5.41, 5.74) is 6.50. The van der Waals surface area contributed by atoms with Crippen LogP contribution in [0.25, 0.3) is 6.08 Å². The van der Waals surface area contributed by atoms with E-state index in [4.69, 9.17) is 0 Å². The van der Waals surface area contributed by atoms with Crippen LogP contribution in [0.5, 0.6) is 0 Å². The molecular weight excluding hydrogens is 667 g/mol. The van der Waals surface area contributed by atoms with Crippen LogP contribution in [0.1, 0.15) is 61.1 Å². The number of hydrogen-bond donors (Lipinski definition) is 2. The molecule has 0 saturated carbocycles. The summed E-state index contributed by atoms with van der Waals surface area (Å²) in [5, 5.41) is 5.13. The number of carbonyl (C=O) groups is 3. The third-order valence-corrected chi connectivity index (χ3v) is 12.7. The Morgan fingerprint density at radius 3 is 2.23 bits per heavy atom.